The lowest BCUT2D eigenvalue weighted by atomic mass is 10.1. The summed E-state index contributed by atoms with van der Waals surface area (Å²) in [5, 5.41) is 2.95. The lowest BCUT2D eigenvalue weighted by Gasteiger charge is -2.12. The van der Waals surface area contributed by atoms with Crippen LogP contribution in [0.25, 0.3) is 22.6 Å². The molecule has 0 aliphatic heterocycles. The van der Waals surface area contributed by atoms with Crippen molar-refractivity contribution >= 4 is 17.1 Å². The Bertz CT molecular complexity index is 1130. The molecule has 1 N–H and O–H groups in total. The topological polar surface area (TPSA) is 72.7 Å². The molecule has 0 radical (unpaired) electrons. The molecule has 0 spiro atoms. The molecule has 0 saturated heterocycles. The van der Waals surface area contributed by atoms with E-state index in [9.17, 15) is 4.79 Å². The summed E-state index contributed by atoms with van der Waals surface area (Å²) >= 11 is 0. The second-order valence-corrected chi connectivity index (χ2v) is 7.41. The van der Waals surface area contributed by atoms with E-state index in [1.54, 1.807) is 18.6 Å². The summed E-state index contributed by atoms with van der Waals surface area (Å²) < 4.78 is 2.13. The maximum Gasteiger partial charge on any atom is 0.251 e. The lowest BCUT2D eigenvalue weighted by Crippen LogP contribution is -2.22. The number of carbonyl (C=O) groups is 1. The average Bonchev–Trinajstić information content (AvgIpc) is 3.11. The molecule has 146 valence electrons. The number of amides is 1. The van der Waals surface area contributed by atoms with E-state index in [-0.39, 0.29) is 5.91 Å². The minimum atomic E-state index is -0.125. The molecule has 0 aliphatic carbocycles. The molecular weight excluding hydrogens is 362 g/mol. The van der Waals surface area contributed by atoms with Gasteiger partial charge in [0, 0.05) is 42.8 Å². The molecule has 0 unspecified atom stereocenters. The highest BCUT2D eigenvalue weighted by atomic mass is 16.1. The molecule has 4 aromatic rings. The van der Waals surface area contributed by atoms with Crippen LogP contribution in [0.1, 0.15) is 29.8 Å². The van der Waals surface area contributed by atoms with Crippen LogP contribution in [-0.2, 0) is 13.1 Å². The highest BCUT2D eigenvalue weighted by Crippen LogP contribution is 2.25. The van der Waals surface area contributed by atoms with Gasteiger partial charge in [-0.1, -0.05) is 32.0 Å². The Kier molecular flexibility index (Phi) is 5.33. The Hall–Kier alpha value is -3.54. The van der Waals surface area contributed by atoms with E-state index in [0.717, 1.165) is 34.7 Å². The van der Waals surface area contributed by atoms with Crippen molar-refractivity contribution in [3.8, 4) is 11.4 Å². The van der Waals surface area contributed by atoms with Gasteiger partial charge in [-0.2, -0.15) is 0 Å². The molecule has 0 bridgehead atoms. The first kappa shape index (κ1) is 18.8. The fraction of sp³-hybridized carbons (Fsp3) is 0.217. The Labute approximate surface area is 169 Å². The third-order valence-electron chi connectivity index (χ3n) is 4.61. The number of fused-ring (bicyclic) bond motifs is 1. The minimum absolute atomic E-state index is 0.125. The van der Waals surface area contributed by atoms with Gasteiger partial charge in [-0.05, 0) is 41.8 Å². The van der Waals surface area contributed by atoms with Crippen LogP contribution < -0.4 is 5.32 Å². The zero-order valence-electron chi connectivity index (χ0n) is 16.5. The smallest absolute Gasteiger partial charge is 0.251 e. The van der Waals surface area contributed by atoms with Crippen LogP contribution in [-0.4, -0.2) is 25.4 Å². The monoisotopic (exact) mass is 385 g/mol. The van der Waals surface area contributed by atoms with Gasteiger partial charge in [-0.25, -0.2) is 9.97 Å². The SMILES string of the molecule is CC(C)Cn1c(-c2cccc(C(=O)NCc3cccnc3)c2)nc2cccnc21. The van der Waals surface area contributed by atoms with Gasteiger partial charge < -0.3 is 9.88 Å². The van der Waals surface area contributed by atoms with Crippen molar-refractivity contribution in [2.45, 2.75) is 26.9 Å². The standard InChI is InChI=1S/C23H23N5O/c1-16(2)15-28-21(27-20-9-5-11-25-22(20)28)18-7-3-8-19(12-18)23(29)26-14-17-6-4-10-24-13-17/h3-13,16H,14-15H2,1-2H3,(H,26,29). The Balaban J connectivity index is 1.64. The van der Waals surface area contributed by atoms with E-state index in [2.05, 4.69) is 33.7 Å². The number of carbonyl (C=O) groups excluding carboxylic acids is 1. The lowest BCUT2D eigenvalue weighted by molar-refractivity contribution is 0.0951. The van der Waals surface area contributed by atoms with Crippen LogP contribution in [0.2, 0.25) is 0 Å². The van der Waals surface area contributed by atoms with Gasteiger partial charge >= 0.3 is 0 Å². The van der Waals surface area contributed by atoms with E-state index in [1.807, 2.05) is 48.5 Å². The molecule has 3 aromatic heterocycles. The average molecular weight is 385 g/mol. The van der Waals surface area contributed by atoms with Crippen LogP contribution in [0.5, 0.6) is 0 Å². The minimum Gasteiger partial charge on any atom is -0.348 e. The number of hydrogen-bond acceptors (Lipinski definition) is 4. The summed E-state index contributed by atoms with van der Waals surface area (Å²) in [4.78, 5) is 26.0. The maximum absolute atomic E-state index is 12.7. The number of nitrogens with zero attached hydrogens (tertiary/aromatic N) is 4. The Morgan fingerprint density at radius 1 is 1.10 bits per heavy atom. The van der Waals surface area contributed by atoms with Crippen molar-refractivity contribution in [3.05, 3.63) is 78.2 Å². The van der Waals surface area contributed by atoms with Gasteiger partial charge in [0.05, 0.1) is 0 Å². The van der Waals surface area contributed by atoms with Crippen molar-refractivity contribution in [1.29, 1.82) is 0 Å². The van der Waals surface area contributed by atoms with Crippen LogP contribution in [0.15, 0.2) is 67.1 Å². The van der Waals surface area contributed by atoms with E-state index >= 15 is 0 Å². The first-order valence-corrected chi connectivity index (χ1v) is 9.70. The third kappa shape index (κ3) is 4.16. The molecule has 0 saturated carbocycles. The predicted octanol–water partition coefficient (Wildman–Crippen LogP) is 4.08. The molecule has 0 aliphatic rings. The molecule has 29 heavy (non-hydrogen) atoms. The second-order valence-electron chi connectivity index (χ2n) is 7.41. The maximum atomic E-state index is 12.7. The predicted molar refractivity (Wildman–Crippen MR) is 113 cm³/mol. The number of hydrogen-bond donors (Lipinski definition) is 1. The molecule has 0 atom stereocenters. The van der Waals surface area contributed by atoms with Gasteiger partial charge in [0.15, 0.2) is 5.65 Å². The van der Waals surface area contributed by atoms with Crippen molar-refractivity contribution < 1.29 is 4.79 Å². The number of nitrogens with one attached hydrogen (secondary N) is 1. The first-order valence-electron chi connectivity index (χ1n) is 9.70. The summed E-state index contributed by atoms with van der Waals surface area (Å²) in [6.07, 6.45) is 5.25. The van der Waals surface area contributed by atoms with Crippen molar-refractivity contribution in [1.82, 2.24) is 24.8 Å². The fourth-order valence-corrected chi connectivity index (χ4v) is 3.30. The van der Waals surface area contributed by atoms with Crippen LogP contribution >= 0.6 is 0 Å². The largest absolute Gasteiger partial charge is 0.348 e. The molecule has 1 amide bonds. The summed E-state index contributed by atoms with van der Waals surface area (Å²) in [7, 11) is 0. The van der Waals surface area contributed by atoms with E-state index in [1.165, 1.54) is 0 Å². The third-order valence-corrected chi connectivity index (χ3v) is 4.61. The van der Waals surface area contributed by atoms with Gasteiger partial charge in [-0.3, -0.25) is 9.78 Å². The molecule has 1 aromatic carbocycles. The van der Waals surface area contributed by atoms with Gasteiger partial charge in [-0.15, -0.1) is 0 Å². The van der Waals surface area contributed by atoms with Gasteiger partial charge in [0.25, 0.3) is 5.91 Å². The highest BCUT2D eigenvalue weighted by Gasteiger charge is 2.16. The number of aromatic nitrogens is 4. The summed E-state index contributed by atoms with van der Waals surface area (Å²) in [5.41, 5.74) is 4.18. The second kappa shape index (κ2) is 8.22. The van der Waals surface area contributed by atoms with E-state index in [0.29, 0.717) is 18.0 Å². The fourth-order valence-electron chi connectivity index (χ4n) is 3.30. The van der Waals surface area contributed by atoms with Crippen LogP contribution in [0.3, 0.4) is 0 Å². The van der Waals surface area contributed by atoms with Crippen molar-refractivity contribution in [2.75, 3.05) is 0 Å². The van der Waals surface area contributed by atoms with Crippen LogP contribution in [0.4, 0.5) is 0 Å². The van der Waals surface area contributed by atoms with E-state index in [4.69, 9.17) is 4.98 Å². The summed E-state index contributed by atoms with van der Waals surface area (Å²) in [6, 6.07) is 15.2. The molecule has 3 heterocycles. The molecule has 6 nitrogen and oxygen atoms in total. The molecule has 4 rings (SSSR count). The number of benzene rings is 1. The van der Waals surface area contributed by atoms with Crippen molar-refractivity contribution in [2.24, 2.45) is 5.92 Å². The Morgan fingerprint density at radius 2 is 1.97 bits per heavy atom. The summed E-state index contributed by atoms with van der Waals surface area (Å²) in [5.74, 6) is 1.15. The zero-order valence-corrected chi connectivity index (χ0v) is 16.5. The zero-order chi connectivity index (χ0) is 20.2. The molecule has 0 fully saturated rings. The summed E-state index contributed by atoms with van der Waals surface area (Å²) in [6.45, 7) is 5.58. The Morgan fingerprint density at radius 3 is 2.76 bits per heavy atom. The van der Waals surface area contributed by atoms with Crippen LogP contribution in [0, 0.1) is 5.92 Å². The first-order chi connectivity index (χ1) is 14.1. The highest BCUT2D eigenvalue weighted by molar-refractivity contribution is 5.95. The van der Waals surface area contributed by atoms with Gasteiger partial charge in [0.1, 0.15) is 11.3 Å². The quantitative estimate of drug-likeness (QED) is 0.543. The molecule has 6 heteroatoms. The number of rotatable bonds is 6. The van der Waals surface area contributed by atoms with Gasteiger partial charge in [0.2, 0.25) is 0 Å². The number of imidazole rings is 1. The van der Waals surface area contributed by atoms with E-state index < -0.39 is 0 Å². The van der Waals surface area contributed by atoms with Crippen molar-refractivity contribution in [3.63, 3.8) is 0 Å². The number of pyridine rings is 2. The normalized spacial score (nSPS) is 11.1. The molecular formula is C23H23N5O.